The van der Waals surface area contributed by atoms with Crippen LogP contribution in [0.15, 0.2) is 22.4 Å². The molecule has 1 aromatic rings. The van der Waals surface area contributed by atoms with Gasteiger partial charge in [-0.05, 0) is 6.92 Å². The number of ether oxygens (including phenoxy) is 1. The van der Waals surface area contributed by atoms with Crippen molar-refractivity contribution in [3.8, 4) is 0 Å². The summed E-state index contributed by atoms with van der Waals surface area (Å²) in [5.74, 6) is -0.728. The van der Waals surface area contributed by atoms with Crippen LogP contribution in [-0.2, 0) is 9.53 Å². The predicted molar refractivity (Wildman–Crippen MR) is 59.4 cm³/mol. The second-order valence-corrected chi connectivity index (χ2v) is 3.65. The minimum absolute atomic E-state index is 0.0843. The molecular formula is C11H14N2O4. The molecule has 1 heterocycles. The number of carbonyl (C=O) groups excluding carboxylic acids is 2. The van der Waals surface area contributed by atoms with Crippen molar-refractivity contribution >= 4 is 11.8 Å². The van der Waals surface area contributed by atoms with Gasteiger partial charge in [0.05, 0.1) is 7.11 Å². The fraction of sp³-hybridized carbons (Fsp3) is 0.364. The van der Waals surface area contributed by atoms with E-state index in [9.17, 15) is 9.59 Å². The van der Waals surface area contributed by atoms with Crippen molar-refractivity contribution in [3.05, 3.63) is 29.3 Å². The molecule has 1 rings (SSSR count). The lowest BCUT2D eigenvalue weighted by molar-refractivity contribution is -0.135. The number of aryl methyl sites for hydroxylation is 1. The Morgan fingerprint density at radius 2 is 2.12 bits per heavy atom. The summed E-state index contributed by atoms with van der Waals surface area (Å²) in [6, 6.07) is 1.47. The van der Waals surface area contributed by atoms with Crippen molar-refractivity contribution in [3.63, 3.8) is 0 Å². The highest BCUT2D eigenvalue weighted by Crippen LogP contribution is 2.10. The molecule has 0 bridgehead atoms. The lowest BCUT2D eigenvalue weighted by atomic mass is 10.1. The second kappa shape index (κ2) is 5.29. The summed E-state index contributed by atoms with van der Waals surface area (Å²) >= 11 is 0. The maximum absolute atomic E-state index is 12.0. The topological polar surface area (TPSA) is 72.6 Å². The van der Waals surface area contributed by atoms with Crippen molar-refractivity contribution in [1.29, 1.82) is 0 Å². The van der Waals surface area contributed by atoms with Crippen molar-refractivity contribution in [2.75, 3.05) is 21.2 Å². The molecule has 0 fully saturated rings. The molecule has 0 aromatic carbocycles. The Morgan fingerprint density at radius 1 is 1.47 bits per heavy atom. The van der Waals surface area contributed by atoms with E-state index in [1.165, 1.54) is 19.4 Å². The van der Waals surface area contributed by atoms with Crippen LogP contribution in [0.5, 0.6) is 0 Å². The van der Waals surface area contributed by atoms with Crippen molar-refractivity contribution in [2.24, 2.45) is 0 Å². The molecule has 0 spiro atoms. The van der Waals surface area contributed by atoms with Gasteiger partial charge in [-0.15, -0.1) is 0 Å². The number of ketones is 1. The van der Waals surface area contributed by atoms with Gasteiger partial charge in [0.25, 0.3) is 0 Å². The van der Waals surface area contributed by atoms with Crippen LogP contribution in [0.25, 0.3) is 0 Å². The number of aromatic nitrogens is 1. The molecule has 0 saturated carbocycles. The quantitative estimate of drug-likeness (QED) is 0.254. The maximum atomic E-state index is 12.0. The summed E-state index contributed by atoms with van der Waals surface area (Å²) in [5.41, 5.74) is -0.00759. The third-order valence-corrected chi connectivity index (χ3v) is 1.90. The van der Waals surface area contributed by atoms with Gasteiger partial charge in [-0.2, -0.15) is 0 Å². The number of methoxy groups -OCH3 is 1. The molecule has 1 aromatic heterocycles. The van der Waals surface area contributed by atoms with Crippen LogP contribution in [0, 0.1) is 6.92 Å². The summed E-state index contributed by atoms with van der Waals surface area (Å²) < 4.78 is 9.34. The van der Waals surface area contributed by atoms with Crippen LogP contribution in [0.4, 0.5) is 0 Å². The molecule has 0 atom stereocenters. The third kappa shape index (κ3) is 3.17. The molecule has 92 valence electrons. The molecule has 0 radical (unpaired) electrons. The molecule has 0 aliphatic rings. The van der Waals surface area contributed by atoms with E-state index < -0.39 is 11.8 Å². The zero-order chi connectivity index (χ0) is 13.0. The average Bonchev–Trinajstić information content (AvgIpc) is 2.70. The zero-order valence-corrected chi connectivity index (χ0v) is 10.2. The van der Waals surface area contributed by atoms with E-state index in [0.717, 1.165) is 0 Å². The molecule has 0 saturated heterocycles. The van der Waals surface area contributed by atoms with E-state index in [1.54, 1.807) is 25.9 Å². The summed E-state index contributed by atoms with van der Waals surface area (Å²) in [6.07, 6.45) is 1.39. The molecular weight excluding hydrogens is 224 g/mol. The van der Waals surface area contributed by atoms with Crippen LogP contribution in [-0.4, -0.2) is 43.0 Å². The Bertz CT molecular complexity index is 460. The Morgan fingerprint density at radius 3 is 2.53 bits per heavy atom. The van der Waals surface area contributed by atoms with Crippen LogP contribution >= 0.6 is 0 Å². The Labute approximate surface area is 98.8 Å². The van der Waals surface area contributed by atoms with Crippen molar-refractivity contribution in [2.45, 2.75) is 6.92 Å². The first-order valence-corrected chi connectivity index (χ1v) is 4.90. The molecule has 0 unspecified atom stereocenters. The lowest BCUT2D eigenvalue weighted by Gasteiger charge is -2.08. The first-order valence-electron chi connectivity index (χ1n) is 4.90. The van der Waals surface area contributed by atoms with Gasteiger partial charge in [0.1, 0.15) is 11.3 Å². The summed E-state index contributed by atoms with van der Waals surface area (Å²) in [7, 11) is 4.61. The van der Waals surface area contributed by atoms with E-state index in [0.29, 0.717) is 5.76 Å². The Balaban J connectivity index is 3.07. The summed E-state index contributed by atoms with van der Waals surface area (Å²) in [5, 5.41) is 3.57. The van der Waals surface area contributed by atoms with Crippen LogP contribution < -0.4 is 0 Å². The van der Waals surface area contributed by atoms with Gasteiger partial charge in [-0.3, -0.25) is 4.79 Å². The van der Waals surface area contributed by atoms with Crippen LogP contribution in [0.1, 0.15) is 16.2 Å². The van der Waals surface area contributed by atoms with Gasteiger partial charge < -0.3 is 14.2 Å². The molecule has 6 nitrogen and oxygen atoms in total. The van der Waals surface area contributed by atoms with E-state index in [4.69, 9.17) is 4.52 Å². The van der Waals surface area contributed by atoms with E-state index in [1.807, 2.05) is 0 Å². The first kappa shape index (κ1) is 13.0. The van der Waals surface area contributed by atoms with E-state index in [-0.39, 0.29) is 11.3 Å². The van der Waals surface area contributed by atoms with E-state index >= 15 is 0 Å². The number of hydrogen-bond acceptors (Lipinski definition) is 6. The van der Waals surface area contributed by atoms with Crippen LogP contribution in [0.2, 0.25) is 0 Å². The standard InChI is InChI=1S/C11H14N2O4/c1-7-5-9(12-17-7)10(14)8(6-13(2)3)11(15)16-4/h5-6H,1-4H3/b8-6-. The minimum atomic E-state index is -0.704. The third-order valence-electron chi connectivity index (χ3n) is 1.90. The normalized spacial score (nSPS) is 11.2. The smallest absolute Gasteiger partial charge is 0.343 e. The highest BCUT2D eigenvalue weighted by Gasteiger charge is 2.23. The Kier molecular flexibility index (Phi) is 4.03. The van der Waals surface area contributed by atoms with Gasteiger partial charge in [0.15, 0.2) is 5.69 Å². The van der Waals surface area contributed by atoms with Gasteiger partial charge in [-0.1, -0.05) is 5.16 Å². The largest absolute Gasteiger partial charge is 0.465 e. The number of esters is 1. The summed E-state index contributed by atoms with van der Waals surface area (Å²) in [6.45, 7) is 1.66. The molecule has 0 aliphatic heterocycles. The number of rotatable bonds is 4. The van der Waals surface area contributed by atoms with Gasteiger partial charge >= 0.3 is 5.97 Å². The second-order valence-electron chi connectivity index (χ2n) is 3.65. The van der Waals surface area contributed by atoms with Crippen molar-refractivity contribution in [1.82, 2.24) is 10.1 Å². The van der Waals surface area contributed by atoms with Gasteiger partial charge in [0, 0.05) is 26.4 Å². The lowest BCUT2D eigenvalue weighted by Crippen LogP contribution is -2.18. The summed E-state index contributed by atoms with van der Waals surface area (Å²) in [4.78, 5) is 25.0. The minimum Gasteiger partial charge on any atom is -0.465 e. The fourth-order valence-corrected chi connectivity index (χ4v) is 1.18. The van der Waals surface area contributed by atoms with Crippen LogP contribution in [0.3, 0.4) is 0 Å². The SMILES string of the molecule is COC(=O)/C(=C\N(C)C)C(=O)c1cc(C)on1. The zero-order valence-electron chi connectivity index (χ0n) is 10.2. The highest BCUT2D eigenvalue weighted by atomic mass is 16.5. The first-order chi connectivity index (χ1) is 7.95. The number of nitrogens with zero attached hydrogens (tertiary/aromatic N) is 2. The molecule has 6 heteroatoms. The molecule has 17 heavy (non-hydrogen) atoms. The fourth-order valence-electron chi connectivity index (χ4n) is 1.18. The average molecular weight is 238 g/mol. The molecule has 0 N–H and O–H groups in total. The van der Waals surface area contributed by atoms with Gasteiger partial charge in [-0.25, -0.2) is 4.79 Å². The molecule has 0 amide bonds. The number of hydrogen-bond donors (Lipinski definition) is 0. The van der Waals surface area contributed by atoms with Crippen molar-refractivity contribution < 1.29 is 18.8 Å². The number of Topliss-reactive ketones (excluding diaryl/α,β-unsaturated/α-hetero) is 1. The predicted octanol–water partition coefficient (Wildman–Crippen LogP) is 0.784. The van der Waals surface area contributed by atoms with E-state index in [2.05, 4.69) is 9.89 Å². The maximum Gasteiger partial charge on any atom is 0.343 e. The Hall–Kier alpha value is -2.11. The molecule has 0 aliphatic carbocycles. The number of carbonyl (C=O) groups is 2. The van der Waals surface area contributed by atoms with Gasteiger partial charge in [0.2, 0.25) is 5.78 Å². The highest BCUT2D eigenvalue weighted by molar-refractivity contribution is 6.23. The monoisotopic (exact) mass is 238 g/mol.